The molecule has 0 saturated heterocycles. The molecule has 1 aromatic rings. The van der Waals surface area contributed by atoms with Crippen LogP contribution in [0.1, 0.15) is 39.3 Å². The van der Waals surface area contributed by atoms with Crippen molar-refractivity contribution in [1.82, 2.24) is 5.32 Å². The number of ether oxygens (including phenoxy) is 2. The van der Waals surface area contributed by atoms with Gasteiger partial charge in [0.25, 0.3) is 0 Å². The minimum Gasteiger partial charge on any atom is -0.434 e. The molecule has 3 nitrogen and oxygen atoms in total. The standard InChI is InChI=1S/C15H23F2NO2/c1-5-19-15(3,4)10-18-11(2)12-8-6-7-9-13(12)20-14(16)17/h6-9,11,14,18H,5,10H2,1-4H3. The second kappa shape index (κ2) is 7.55. The quantitative estimate of drug-likeness (QED) is 0.790. The lowest BCUT2D eigenvalue weighted by molar-refractivity contribution is -0.0508. The Bertz CT molecular complexity index is 411. The summed E-state index contributed by atoms with van der Waals surface area (Å²) in [6, 6.07) is 6.71. The lowest BCUT2D eigenvalue weighted by atomic mass is 10.1. The zero-order valence-corrected chi connectivity index (χ0v) is 12.5. The lowest BCUT2D eigenvalue weighted by Gasteiger charge is -2.27. The molecule has 0 bridgehead atoms. The highest BCUT2D eigenvalue weighted by Crippen LogP contribution is 2.26. The summed E-state index contributed by atoms with van der Waals surface area (Å²) in [4.78, 5) is 0. The number of alkyl halides is 2. The Balaban J connectivity index is 2.70. The van der Waals surface area contributed by atoms with E-state index in [1.807, 2.05) is 27.7 Å². The molecule has 0 fully saturated rings. The SMILES string of the molecule is CCOC(C)(C)CNC(C)c1ccccc1OC(F)F. The van der Waals surface area contributed by atoms with Crippen molar-refractivity contribution in [3.63, 3.8) is 0 Å². The molecule has 0 radical (unpaired) electrons. The van der Waals surface area contributed by atoms with Crippen molar-refractivity contribution in [3.8, 4) is 5.75 Å². The predicted molar refractivity (Wildman–Crippen MR) is 75.2 cm³/mol. The summed E-state index contributed by atoms with van der Waals surface area (Å²) in [5, 5.41) is 3.29. The number of hydrogen-bond donors (Lipinski definition) is 1. The van der Waals surface area contributed by atoms with Crippen LogP contribution in [-0.4, -0.2) is 25.4 Å². The zero-order chi connectivity index (χ0) is 15.2. The second-order valence-electron chi connectivity index (χ2n) is 5.21. The van der Waals surface area contributed by atoms with Gasteiger partial charge in [-0.3, -0.25) is 0 Å². The highest BCUT2D eigenvalue weighted by atomic mass is 19.3. The fourth-order valence-electron chi connectivity index (χ4n) is 1.99. The summed E-state index contributed by atoms with van der Waals surface area (Å²) in [6.07, 6.45) is 0. The van der Waals surface area contributed by atoms with E-state index in [4.69, 9.17) is 4.74 Å². The van der Waals surface area contributed by atoms with E-state index in [9.17, 15) is 8.78 Å². The molecule has 0 saturated carbocycles. The molecule has 0 aromatic heterocycles. The second-order valence-corrected chi connectivity index (χ2v) is 5.21. The molecule has 1 aromatic carbocycles. The van der Waals surface area contributed by atoms with Gasteiger partial charge in [0, 0.05) is 24.8 Å². The molecule has 1 N–H and O–H groups in total. The summed E-state index contributed by atoms with van der Waals surface area (Å²) in [5.74, 6) is 0.205. The summed E-state index contributed by atoms with van der Waals surface area (Å²) in [5.41, 5.74) is 0.404. The molecule has 0 heterocycles. The van der Waals surface area contributed by atoms with Crippen LogP contribution < -0.4 is 10.1 Å². The third-order valence-corrected chi connectivity index (χ3v) is 2.97. The number of benzene rings is 1. The lowest BCUT2D eigenvalue weighted by Crippen LogP contribution is -2.38. The smallest absolute Gasteiger partial charge is 0.387 e. The molecule has 114 valence electrons. The van der Waals surface area contributed by atoms with Gasteiger partial charge in [-0.25, -0.2) is 0 Å². The number of rotatable bonds is 8. The topological polar surface area (TPSA) is 30.5 Å². The molecule has 5 heteroatoms. The van der Waals surface area contributed by atoms with E-state index in [-0.39, 0.29) is 17.4 Å². The molecule has 1 rings (SSSR count). The molecule has 0 aliphatic rings. The maximum absolute atomic E-state index is 12.4. The van der Waals surface area contributed by atoms with Crippen LogP contribution in [0.5, 0.6) is 5.75 Å². The van der Waals surface area contributed by atoms with Gasteiger partial charge in [-0.2, -0.15) is 8.78 Å². The van der Waals surface area contributed by atoms with Crippen LogP contribution >= 0.6 is 0 Å². The van der Waals surface area contributed by atoms with E-state index in [1.165, 1.54) is 0 Å². The van der Waals surface area contributed by atoms with Crippen LogP contribution in [-0.2, 0) is 4.74 Å². The summed E-state index contributed by atoms with van der Waals surface area (Å²) in [6.45, 7) is 6.25. The van der Waals surface area contributed by atoms with Crippen molar-refractivity contribution in [2.75, 3.05) is 13.2 Å². The van der Waals surface area contributed by atoms with Gasteiger partial charge in [0.05, 0.1) is 5.60 Å². The molecule has 20 heavy (non-hydrogen) atoms. The fourth-order valence-corrected chi connectivity index (χ4v) is 1.99. The van der Waals surface area contributed by atoms with Gasteiger partial charge in [0.15, 0.2) is 0 Å². The zero-order valence-electron chi connectivity index (χ0n) is 12.5. The van der Waals surface area contributed by atoms with E-state index in [2.05, 4.69) is 10.1 Å². The van der Waals surface area contributed by atoms with Crippen LogP contribution in [0.3, 0.4) is 0 Å². The van der Waals surface area contributed by atoms with Gasteiger partial charge in [-0.1, -0.05) is 18.2 Å². The normalized spacial score (nSPS) is 13.6. The molecule has 1 unspecified atom stereocenters. The van der Waals surface area contributed by atoms with Crippen molar-refractivity contribution in [2.24, 2.45) is 0 Å². The first-order valence-electron chi connectivity index (χ1n) is 6.77. The summed E-state index contributed by atoms with van der Waals surface area (Å²) in [7, 11) is 0. The Morgan fingerprint density at radius 2 is 1.90 bits per heavy atom. The maximum atomic E-state index is 12.4. The average Bonchev–Trinajstić information content (AvgIpc) is 2.36. The van der Waals surface area contributed by atoms with E-state index in [0.717, 1.165) is 0 Å². The largest absolute Gasteiger partial charge is 0.434 e. The van der Waals surface area contributed by atoms with Crippen molar-refractivity contribution in [3.05, 3.63) is 29.8 Å². The Morgan fingerprint density at radius 1 is 1.25 bits per heavy atom. The van der Waals surface area contributed by atoms with E-state index < -0.39 is 6.61 Å². The molecule has 0 aliphatic carbocycles. The number of hydrogen-bond acceptors (Lipinski definition) is 3. The van der Waals surface area contributed by atoms with Crippen LogP contribution in [0.2, 0.25) is 0 Å². The van der Waals surface area contributed by atoms with Gasteiger partial charge in [0.1, 0.15) is 5.75 Å². The van der Waals surface area contributed by atoms with Crippen LogP contribution in [0.25, 0.3) is 0 Å². The Morgan fingerprint density at radius 3 is 2.50 bits per heavy atom. The van der Waals surface area contributed by atoms with E-state index in [1.54, 1.807) is 24.3 Å². The minimum atomic E-state index is -2.82. The summed E-state index contributed by atoms with van der Waals surface area (Å²) < 4.78 is 34.9. The first-order valence-corrected chi connectivity index (χ1v) is 6.77. The van der Waals surface area contributed by atoms with Gasteiger partial charge < -0.3 is 14.8 Å². The highest BCUT2D eigenvalue weighted by molar-refractivity contribution is 5.35. The molecule has 1 atom stereocenters. The Kier molecular flexibility index (Phi) is 6.36. The van der Waals surface area contributed by atoms with Crippen LogP contribution in [0, 0.1) is 0 Å². The monoisotopic (exact) mass is 287 g/mol. The fraction of sp³-hybridized carbons (Fsp3) is 0.600. The average molecular weight is 287 g/mol. The highest BCUT2D eigenvalue weighted by Gasteiger charge is 2.20. The molecular weight excluding hydrogens is 264 g/mol. The van der Waals surface area contributed by atoms with E-state index in [0.29, 0.717) is 18.7 Å². The molecular formula is C15H23F2NO2. The molecule has 0 spiro atoms. The Labute approximate surface area is 119 Å². The predicted octanol–water partition coefficient (Wildman–Crippen LogP) is 3.75. The van der Waals surface area contributed by atoms with Crippen LogP contribution in [0.4, 0.5) is 8.78 Å². The van der Waals surface area contributed by atoms with Crippen molar-refractivity contribution < 1.29 is 18.3 Å². The summed E-state index contributed by atoms with van der Waals surface area (Å²) >= 11 is 0. The third-order valence-electron chi connectivity index (χ3n) is 2.97. The van der Waals surface area contributed by atoms with Crippen molar-refractivity contribution in [2.45, 2.75) is 45.9 Å². The Hall–Kier alpha value is -1.20. The molecule has 0 amide bonds. The third kappa shape index (κ3) is 5.43. The van der Waals surface area contributed by atoms with Gasteiger partial charge in [-0.15, -0.1) is 0 Å². The first-order chi connectivity index (χ1) is 9.35. The maximum Gasteiger partial charge on any atom is 0.387 e. The van der Waals surface area contributed by atoms with E-state index >= 15 is 0 Å². The number of nitrogens with one attached hydrogen (secondary N) is 1. The minimum absolute atomic E-state index is 0.107. The first kappa shape index (κ1) is 16.9. The van der Waals surface area contributed by atoms with Crippen LogP contribution in [0.15, 0.2) is 24.3 Å². The number of halogens is 2. The van der Waals surface area contributed by atoms with Gasteiger partial charge in [-0.05, 0) is 33.8 Å². The molecule has 0 aliphatic heterocycles. The number of para-hydroxylation sites is 1. The van der Waals surface area contributed by atoms with Gasteiger partial charge in [0.2, 0.25) is 0 Å². The van der Waals surface area contributed by atoms with Crippen molar-refractivity contribution >= 4 is 0 Å². The van der Waals surface area contributed by atoms with Crippen molar-refractivity contribution in [1.29, 1.82) is 0 Å². The van der Waals surface area contributed by atoms with Gasteiger partial charge >= 0.3 is 6.61 Å².